The van der Waals surface area contributed by atoms with Gasteiger partial charge in [0.05, 0.1) is 4.92 Å². The van der Waals surface area contributed by atoms with E-state index in [9.17, 15) is 10.1 Å². The van der Waals surface area contributed by atoms with Gasteiger partial charge in [0, 0.05) is 18.2 Å². The van der Waals surface area contributed by atoms with E-state index in [1.165, 1.54) is 12.5 Å². The minimum Gasteiger partial charge on any atom is -0.258 e. The minimum atomic E-state index is -0.342. The molecular weight excluding hydrogens is 192 g/mol. The molecule has 0 aromatic carbocycles. The molecule has 1 radical (unpaired) electrons. The van der Waals surface area contributed by atoms with Gasteiger partial charge < -0.3 is 0 Å². The van der Waals surface area contributed by atoms with Crippen LogP contribution in [0.1, 0.15) is 37.3 Å². The smallest absolute Gasteiger partial charge is 0.258 e. The zero-order valence-electron chi connectivity index (χ0n) is 8.43. The van der Waals surface area contributed by atoms with Crippen molar-refractivity contribution in [2.45, 2.75) is 31.6 Å². The van der Waals surface area contributed by atoms with Crippen LogP contribution in [0.25, 0.3) is 0 Å². The van der Waals surface area contributed by atoms with Gasteiger partial charge in [-0.15, -0.1) is 0 Å². The van der Waals surface area contributed by atoms with Crippen LogP contribution in [0, 0.1) is 16.5 Å². The van der Waals surface area contributed by atoms with Gasteiger partial charge in [-0.05, 0) is 25.3 Å². The molecule has 2 rings (SSSR count). The van der Waals surface area contributed by atoms with Crippen LogP contribution in [-0.4, -0.2) is 9.91 Å². The number of hydrogen-bond acceptors (Lipinski definition) is 3. The van der Waals surface area contributed by atoms with E-state index in [1.54, 1.807) is 12.3 Å². The number of pyridine rings is 1. The summed E-state index contributed by atoms with van der Waals surface area (Å²) in [5.41, 5.74) is 0.780. The van der Waals surface area contributed by atoms with Crippen LogP contribution in [0.4, 0.5) is 5.69 Å². The van der Waals surface area contributed by atoms with Crippen molar-refractivity contribution < 1.29 is 4.92 Å². The molecule has 0 spiro atoms. The van der Waals surface area contributed by atoms with Crippen LogP contribution < -0.4 is 0 Å². The van der Waals surface area contributed by atoms with E-state index in [0.29, 0.717) is 5.69 Å². The van der Waals surface area contributed by atoms with Gasteiger partial charge in [-0.1, -0.05) is 12.8 Å². The molecule has 1 aliphatic rings. The van der Waals surface area contributed by atoms with Crippen molar-refractivity contribution in [3.63, 3.8) is 0 Å². The molecule has 79 valence electrons. The highest BCUT2D eigenvalue weighted by atomic mass is 16.6. The Kier molecular flexibility index (Phi) is 2.94. The maximum Gasteiger partial charge on any atom is 0.291 e. The molecule has 1 atom stereocenters. The Morgan fingerprint density at radius 2 is 2.33 bits per heavy atom. The first-order chi connectivity index (χ1) is 7.29. The second-order valence-corrected chi connectivity index (χ2v) is 3.79. The van der Waals surface area contributed by atoms with E-state index in [-0.39, 0.29) is 16.5 Å². The molecule has 4 nitrogen and oxygen atoms in total. The third-order valence-corrected chi connectivity index (χ3v) is 2.78. The second-order valence-electron chi connectivity index (χ2n) is 3.79. The predicted octanol–water partition coefficient (Wildman–Crippen LogP) is 2.85. The summed E-state index contributed by atoms with van der Waals surface area (Å²) in [6.07, 6.45) is 8.13. The van der Waals surface area contributed by atoms with Crippen LogP contribution in [0.5, 0.6) is 0 Å². The normalized spacial score (nSPS) is 17.6. The van der Waals surface area contributed by atoms with E-state index in [2.05, 4.69) is 11.4 Å². The molecule has 15 heavy (non-hydrogen) atoms. The topological polar surface area (TPSA) is 56.0 Å². The molecule has 1 unspecified atom stereocenters. The lowest BCUT2D eigenvalue weighted by Crippen LogP contribution is -2.09. The molecule has 1 saturated carbocycles. The molecule has 0 aliphatic heterocycles. The summed E-state index contributed by atoms with van der Waals surface area (Å²) in [6.45, 7) is 0. The molecule has 0 bridgehead atoms. The van der Waals surface area contributed by atoms with Crippen LogP contribution in [0.2, 0.25) is 0 Å². The highest BCUT2D eigenvalue weighted by molar-refractivity contribution is 5.38. The van der Waals surface area contributed by atoms with Gasteiger partial charge in [0.1, 0.15) is 5.69 Å². The van der Waals surface area contributed by atoms with Crippen molar-refractivity contribution in [2.75, 3.05) is 0 Å². The molecule has 1 heterocycles. The summed E-state index contributed by atoms with van der Waals surface area (Å²) < 4.78 is 0. The highest BCUT2D eigenvalue weighted by Crippen LogP contribution is 2.34. The lowest BCUT2D eigenvalue weighted by atomic mass is 9.86. The lowest BCUT2D eigenvalue weighted by molar-refractivity contribution is -0.386. The van der Waals surface area contributed by atoms with Crippen molar-refractivity contribution in [2.24, 2.45) is 0 Å². The molecule has 0 amide bonds. The molecular formula is C11H13N2O2. The number of rotatable bonds is 2. The molecule has 1 aromatic heterocycles. The molecule has 0 saturated heterocycles. The van der Waals surface area contributed by atoms with Crippen LogP contribution in [0.15, 0.2) is 18.3 Å². The summed E-state index contributed by atoms with van der Waals surface area (Å²) in [5.74, 6) is 0.167. The molecule has 4 heteroatoms. The summed E-state index contributed by atoms with van der Waals surface area (Å²) in [6, 6.07) is 3.15. The monoisotopic (exact) mass is 205 g/mol. The van der Waals surface area contributed by atoms with Gasteiger partial charge in [0.15, 0.2) is 0 Å². The molecule has 1 aliphatic carbocycles. The van der Waals surface area contributed by atoms with E-state index < -0.39 is 0 Å². The summed E-state index contributed by atoms with van der Waals surface area (Å²) in [5, 5.41) is 10.8. The Labute approximate surface area is 88.5 Å². The molecule has 1 fully saturated rings. The lowest BCUT2D eigenvalue weighted by Gasteiger charge is -2.20. The number of hydrogen-bond donors (Lipinski definition) is 0. The number of nitro groups is 1. The Hall–Kier alpha value is -1.45. The maximum atomic E-state index is 10.8. The van der Waals surface area contributed by atoms with Crippen molar-refractivity contribution >= 4 is 5.69 Å². The Morgan fingerprint density at radius 3 is 3.00 bits per heavy atom. The molecule has 0 N–H and O–H groups in total. The average Bonchev–Trinajstić information content (AvgIpc) is 2.30. The van der Waals surface area contributed by atoms with Crippen molar-refractivity contribution in [1.29, 1.82) is 0 Å². The van der Waals surface area contributed by atoms with Gasteiger partial charge in [0.25, 0.3) is 5.69 Å². The zero-order chi connectivity index (χ0) is 10.7. The van der Waals surface area contributed by atoms with Crippen molar-refractivity contribution in [3.8, 4) is 0 Å². The maximum absolute atomic E-state index is 10.8. The first kappa shape index (κ1) is 10.1. The van der Waals surface area contributed by atoms with E-state index in [4.69, 9.17) is 0 Å². The van der Waals surface area contributed by atoms with Crippen LogP contribution >= 0.6 is 0 Å². The number of aromatic nitrogens is 1. The number of nitrogens with zero attached hydrogens (tertiary/aromatic N) is 2. The predicted molar refractivity (Wildman–Crippen MR) is 56.4 cm³/mol. The third-order valence-electron chi connectivity index (χ3n) is 2.78. The van der Waals surface area contributed by atoms with E-state index >= 15 is 0 Å². The third kappa shape index (κ3) is 2.14. The van der Waals surface area contributed by atoms with Gasteiger partial charge in [0.2, 0.25) is 0 Å². The summed E-state index contributed by atoms with van der Waals surface area (Å²) in [4.78, 5) is 14.6. The average molecular weight is 205 g/mol. The zero-order valence-corrected chi connectivity index (χ0v) is 8.43. The van der Waals surface area contributed by atoms with Crippen LogP contribution in [0.3, 0.4) is 0 Å². The fourth-order valence-corrected chi connectivity index (χ4v) is 2.04. The minimum absolute atomic E-state index is 0.153. The first-order valence-electron chi connectivity index (χ1n) is 5.21. The fraction of sp³-hybridized carbons (Fsp3) is 0.455. The summed E-state index contributed by atoms with van der Waals surface area (Å²) in [7, 11) is 0. The first-order valence-corrected chi connectivity index (χ1v) is 5.21. The second kappa shape index (κ2) is 4.38. The SMILES string of the molecule is O=[N+]([O-])c1cccnc1C1[CH]CCCC1. The van der Waals surface area contributed by atoms with Crippen molar-refractivity contribution in [1.82, 2.24) is 4.98 Å². The van der Waals surface area contributed by atoms with Gasteiger partial charge >= 0.3 is 0 Å². The molecule has 1 aromatic rings. The Morgan fingerprint density at radius 1 is 1.47 bits per heavy atom. The summed E-state index contributed by atoms with van der Waals surface area (Å²) >= 11 is 0. The standard InChI is InChI=1S/C11H13N2O2/c14-13(15)10-7-4-8-12-11(10)9-5-2-1-3-6-9/h4-5,7-9H,1-3,6H2. The van der Waals surface area contributed by atoms with E-state index in [1.807, 2.05) is 0 Å². The Bertz CT molecular complexity index is 359. The van der Waals surface area contributed by atoms with Gasteiger partial charge in [-0.25, -0.2) is 0 Å². The fourth-order valence-electron chi connectivity index (χ4n) is 2.04. The van der Waals surface area contributed by atoms with E-state index in [0.717, 1.165) is 19.3 Å². The Balaban J connectivity index is 2.29. The van der Waals surface area contributed by atoms with Crippen molar-refractivity contribution in [3.05, 3.63) is 40.6 Å². The van der Waals surface area contributed by atoms with Crippen LogP contribution in [-0.2, 0) is 0 Å². The van der Waals surface area contributed by atoms with Gasteiger partial charge in [-0.3, -0.25) is 15.1 Å². The largest absolute Gasteiger partial charge is 0.291 e. The quantitative estimate of drug-likeness (QED) is 0.551. The van der Waals surface area contributed by atoms with Gasteiger partial charge in [-0.2, -0.15) is 0 Å². The highest BCUT2D eigenvalue weighted by Gasteiger charge is 2.24.